The number of amides is 1. The van der Waals surface area contributed by atoms with Gasteiger partial charge in [-0.1, -0.05) is 12.1 Å². The van der Waals surface area contributed by atoms with Crippen molar-refractivity contribution in [1.29, 1.82) is 0 Å². The number of nitro groups is 1. The molecule has 1 aliphatic heterocycles. The molecule has 1 atom stereocenters. The van der Waals surface area contributed by atoms with Crippen molar-refractivity contribution in [3.05, 3.63) is 39.9 Å². The highest BCUT2D eigenvalue weighted by molar-refractivity contribution is 5.69. The summed E-state index contributed by atoms with van der Waals surface area (Å²) < 4.78 is 0. The molecule has 11 nitrogen and oxygen atoms in total. The number of rotatable bonds is 8. The summed E-state index contributed by atoms with van der Waals surface area (Å²) >= 11 is 0. The first kappa shape index (κ1) is 23.5. The van der Waals surface area contributed by atoms with Crippen LogP contribution < -0.4 is 5.32 Å². The van der Waals surface area contributed by atoms with E-state index in [1.54, 1.807) is 12.1 Å². The zero-order valence-electron chi connectivity index (χ0n) is 17.1. The van der Waals surface area contributed by atoms with Gasteiger partial charge in [0.25, 0.3) is 5.69 Å². The lowest BCUT2D eigenvalue weighted by Crippen LogP contribution is -2.47. The van der Waals surface area contributed by atoms with Gasteiger partial charge in [0.05, 0.1) is 11.5 Å². The number of likely N-dealkylation sites (N-methyl/N-ethyl adjacent to an activating group) is 1. The van der Waals surface area contributed by atoms with Crippen molar-refractivity contribution in [2.45, 2.75) is 12.5 Å². The summed E-state index contributed by atoms with van der Waals surface area (Å²) in [5, 5.41) is 31.7. The lowest BCUT2D eigenvalue weighted by molar-refractivity contribution is -0.384. The van der Waals surface area contributed by atoms with Crippen molar-refractivity contribution < 1.29 is 24.7 Å². The molecule has 1 fully saturated rings. The average molecular weight is 423 g/mol. The molecule has 1 heterocycles. The van der Waals surface area contributed by atoms with Crippen LogP contribution in [-0.4, -0.2) is 107 Å². The van der Waals surface area contributed by atoms with Crippen molar-refractivity contribution in [3.63, 3.8) is 0 Å². The topological polar surface area (TPSA) is 139 Å². The summed E-state index contributed by atoms with van der Waals surface area (Å²) in [6, 6.07) is 5.69. The standard InChI is InChI=1S/C19H29N5O6/c1-21-6-8-22(10-11-23(9-7-21)14-18(25)26)13-16(20-19(27)28)12-15-2-4-17(5-3-15)24(29)30/h2-5,16,20H,6-14H2,1H3,(H,25,26)(H,27,28). The first-order chi connectivity index (χ1) is 14.2. The number of benzene rings is 1. The fraction of sp³-hybridized carbons (Fsp3) is 0.579. The molecule has 1 aliphatic rings. The van der Waals surface area contributed by atoms with Crippen molar-refractivity contribution in [3.8, 4) is 0 Å². The predicted octanol–water partition coefficient (Wildman–Crippen LogP) is 0.408. The Labute approximate surface area is 175 Å². The van der Waals surface area contributed by atoms with Gasteiger partial charge in [0.1, 0.15) is 0 Å². The molecular weight excluding hydrogens is 394 g/mol. The van der Waals surface area contributed by atoms with Gasteiger partial charge in [-0.15, -0.1) is 0 Å². The van der Waals surface area contributed by atoms with Crippen molar-refractivity contribution in [2.75, 3.05) is 59.4 Å². The highest BCUT2D eigenvalue weighted by atomic mass is 16.6. The van der Waals surface area contributed by atoms with Crippen LogP contribution in [0.1, 0.15) is 5.56 Å². The van der Waals surface area contributed by atoms with Gasteiger partial charge in [0.15, 0.2) is 0 Å². The van der Waals surface area contributed by atoms with Gasteiger partial charge >= 0.3 is 12.1 Å². The monoisotopic (exact) mass is 423 g/mol. The molecule has 11 heteroatoms. The van der Waals surface area contributed by atoms with Gasteiger partial charge in [-0.05, 0) is 19.0 Å². The molecule has 2 rings (SSSR count). The summed E-state index contributed by atoms with van der Waals surface area (Å²) in [4.78, 5) is 38.9. The molecule has 1 saturated heterocycles. The second kappa shape index (κ2) is 11.4. The van der Waals surface area contributed by atoms with E-state index in [4.69, 9.17) is 5.11 Å². The molecule has 1 aromatic rings. The second-order valence-corrected chi connectivity index (χ2v) is 7.55. The molecule has 1 amide bonds. The lowest BCUT2D eigenvalue weighted by Gasteiger charge is -2.29. The first-order valence-corrected chi connectivity index (χ1v) is 9.80. The minimum Gasteiger partial charge on any atom is -0.480 e. The minimum absolute atomic E-state index is 0.0110. The zero-order valence-corrected chi connectivity index (χ0v) is 17.1. The van der Waals surface area contributed by atoms with Gasteiger partial charge in [0.2, 0.25) is 0 Å². The number of nitrogens with zero attached hydrogens (tertiary/aromatic N) is 4. The van der Waals surface area contributed by atoms with Gasteiger partial charge < -0.3 is 20.4 Å². The molecule has 166 valence electrons. The Morgan fingerprint density at radius 2 is 1.63 bits per heavy atom. The third-order valence-corrected chi connectivity index (χ3v) is 5.12. The maximum Gasteiger partial charge on any atom is 0.404 e. The van der Waals surface area contributed by atoms with E-state index in [1.807, 2.05) is 11.9 Å². The van der Waals surface area contributed by atoms with E-state index in [0.717, 1.165) is 25.2 Å². The van der Waals surface area contributed by atoms with Gasteiger partial charge in [-0.25, -0.2) is 4.79 Å². The third kappa shape index (κ3) is 8.31. The maximum atomic E-state index is 11.3. The number of carbonyl (C=O) groups is 2. The summed E-state index contributed by atoms with van der Waals surface area (Å²) in [6.45, 7) is 4.58. The Hall–Kier alpha value is -2.76. The SMILES string of the molecule is CN1CCN(CC(=O)O)CCN(CC(Cc2ccc([N+](=O)[O-])cc2)NC(=O)O)CC1. The summed E-state index contributed by atoms with van der Waals surface area (Å²) in [6.07, 6.45) is -0.731. The smallest absolute Gasteiger partial charge is 0.404 e. The maximum absolute atomic E-state index is 11.3. The number of hydrogen-bond donors (Lipinski definition) is 3. The zero-order chi connectivity index (χ0) is 22.1. The summed E-state index contributed by atoms with van der Waals surface area (Å²) in [7, 11) is 1.98. The average Bonchev–Trinajstić information content (AvgIpc) is 2.74. The molecule has 1 aromatic carbocycles. The number of nitro benzene ring substituents is 1. The van der Waals surface area contributed by atoms with E-state index in [9.17, 15) is 24.8 Å². The van der Waals surface area contributed by atoms with Gasteiger partial charge in [-0.2, -0.15) is 0 Å². The van der Waals surface area contributed by atoms with Crippen LogP contribution in [0.5, 0.6) is 0 Å². The fourth-order valence-electron chi connectivity index (χ4n) is 3.46. The van der Waals surface area contributed by atoms with E-state index in [0.29, 0.717) is 32.6 Å². The number of carboxylic acids is 1. The highest BCUT2D eigenvalue weighted by Crippen LogP contribution is 2.14. The third-order valence-electron chi connectivity index (χ3n) is 5.12. The molecule has 0 spiro atoms. The fourth-order valence-corrected chi connectivity index (χ4v) is 3.46. The second-order valence-electron chi connectivity index (χ2n) is 7.55. The van der Waals surface area contributed by atoms with Crippen LogP contribution in [0.2, 0.25) is 0 Å². The number of hydrogen-bond acceptors (Lipinski definition) is 7. The van der Waals surface area contributed by atoms with E-state index < -0.39 is 23.0 Å². The molecule has 3 N–H and O–H groups in total. The molecule has 0 radical (unpaired) electrons. The normalized spacial score (nSPS) is 18.0. The van der Waals surface area contributed by atoms with Crippen molar-refractivity contribution in [1.82, 2.24) is 20.0 Å². The molecule has 30 heavy (non-hydrogen) atoms. The van der Waals surface area contributed by atoms with Gasteiger partial charge in [-0.3, -0.25) is 24.7 Å². The predicted molar refractivity (Wildman–Crippen MR) is 110 cm³/mol. The van der Waals surface area contributed by atoms with Crippen molar-refractivity contribution in [2.24, 2.45) is 0 Å². The van der Waals surface area contributed by atoms with Crippen molar-refractivity contribution >= 4 is 17.7 Å². The minimum atomic E-state index is -1.13. The Kier molecular flexibility index (Phi) is 8.96. The summed E-state index contributed by atoms with van der Waals surface area (Å²) in [5.41, 5.74) is 0.788. The number of nitrogens with one attached hydrogen (secondary N) is 1. The molecule has 0 aromatic heterocycles. The molecule has 1 unspecified atom stereocenters. The van der Waals surface area contributed by atoms with Crippen LogP contribution in [0.15, 0.2) is 24.3 Å². The van der Waals surface area contributed by atoms with Crippen LogP contribution in [-0.2, 0) is 11.2 Å². The van der Waals surface area contributed by atoms with E-state index in [2.05, 4.69) is 15.1 Å². The molecule has 0 bridgehead atoms. The lowest BCUT2D eigenvalue weighted by atomic mass is 10.0. The van der Waals surface area contributed by atoms with E-state index in [-0.39, 0.29) is 12.2 Å². The number of carboxylic acid groups (broad SMARTS) is 2. The largest absolute Gasteiger partial charge is 0.480 e. The molecular formula is C19H29N5O6. The van der Waals surface area contributed by atoms with Crippen LogP contribution in [0.25, 0.3) is 0 Å². The van der Waals surface area contributed by atoms with E-state index >= 15 is 0 Å². The molecule has 0 saturated carbocycles. The first-order valence-electron chi connectivity index (χ1n) is 9.80. The highest BCUT2D eigenvalue weighted by Gasteiger charge is 2.21. The van der Waals surface area contributed by atoms with Crippen LogP contribution >= 0.6 is 0 Å². The summed E-state index contributed by atoms with van der Waals surface area (Å²) in [5.74, 6) is -0.868. The van der Waals surface area contributed by atoms with E-state index in [1.165, 1.54) is 12.1 Å². The Balaban J connectivity index is 2.05. The van der Waals surface area contributed by atoms with Gasteiger partial charge in [0, 0.05) is 64.0 Å². The Bertz CT molecular complexity index is 729. The Morgan fingerprint density at radius 1 is 1.07 bits per heavy atom. The van der Waals surface area contributed by atoms with Crippen LogP contribution in [0.4, 0.5) is 10.5 Å². The number of aliphatic carboxylic acids is 1. The quantitative estimate of drug-likeness (QED) is 0.400. The van der Waals surface area contributed by atoms with Crippen LogP contribution in [0, 0.1) is 10.1 Å². The Morgan fingerprint density at radius 3 is 2.20 bits per heavy atom. The molecule has 0 aliphatic carbocycles. The number of non-ortho nitro benzene ring substituents is 1. The van der Waals surface area contributed by atoms with Crippen LogP contribution in [0.3, 0.4) is 0 Å².